The Morgan fingerprint density at radius 2 is 1.73 bits per heavy atom. The maximum Gasteiger partial charge on any atom is 0.311 e. The number of methoxy groups -OCH3 is 1. The average molecular weight is 584 g/mol. The van der Waals surface area contributed by atoms with Gasteiger partial charge in [0.15, 0.2) is 0 Å². The minimum atomic E-state index is -3.83. The maximum absolute atomic E-state index is 13.3. The number of carbonyl (C=O) groups excluding carboxylic acids is 1. The van der Waals surface area contributed by atoms with Crippen LogP contribution >= 0.6 is 0 Å². The highest BCUT2D eigenvalue weighted by atomic mass is 32.2. The molecule has 1 heterocycles. The predicted octanol–water partition coefficient (Wildman–Crippen LogP) is 5.44. The Balaban J connectivity index is 1.86. The lowest BCUT2D eigenvalue weighted by molar-refractivity contribution is -0.385. The third-order valence-corrected chi connectivity index (χ3v) is 8.49. The number of nitrogens with zero attached hydrogens (tertiary/aromatic N) is 2. The lowest BCUT2D eigenvalue weighted by Gasteiger charge is -2.39. The number of ether oxygens (including phenoxy) is 2. The molecule has 0 aromatic heterocycles. The molecule has 0 saturated carbocycles. The van der Waals surface area contributed by atoms with Gasteiger partial charge in [0.05, 0.1) is 34.7 Å². The summed E-state index contributed by atoms with van der Waals surface area (Å²) >= 11 is 0. The largest absolute Gasteiger partial charge is 0.496 e. The summed E-state index contributed by atoms with van der Waals surface area (Å²) in [5.41, 5.74) is 2.91. The molecule has 4 rings (SSSR count). The number of non-ortho nitro benzene ring substituents is 1. The van der Waals surface area contributed by atoms with Crippen LogP contribution in [0.5, 0.6) is 17.2 Å². The van der Waals surface area contributed by atoms with E-state index in [-0.39, 0.29) is 24.0 Å². The minimum absolute atomic E-state index is 0.0383. The molecule has 41 heavy (non-hydrogen) atoms. The molecule has 3 aromatic rings. The number of rotatable bonds is 9. The number of benzene rings is 3. The van der Waals surface area contributed by atoms with E-state index in [4.69, 9.17) is 13.7 Å². The smallest absolute Gasteiger partial charge is 0.311 e. The van der Waals surface area contributed by atoms with E-state index in [1.54, 1.807) is 44.9 Å². The van der Waals surface area contributed by atoms with Crippen molar-refractivity contribution in [3.63, 3.8) is 0 Å². The molecule has 0 atom stereocenters. The molecule has 218 valence electrons. The predicted molar refractivity (Wildman–Crippen MR) is 156 cm³/mol. The number of nitro groups is 1. The Morgan fingerprint density at radius 3 is 2.37 bits per heavy atom. The molecule has 0 fully saturated rings. The van der Waals surface area contributed by atoms with Gasteiger partial charge >= 0.3 is 10.1 Å². The molecule has 1 N–H and O–H groups in total. The van der Waals surface area contributed by atoms with Gasteiger partial charge in [0, 0.05) is 30.3 Å². The van der Waals surface area contributed by atoms with Gasteiger partial charge in [0.2, 0.25) is 0 Å². The summed E-state index contributed by atoms with van der Waals surface area (Å²) < 4.78 is 41.7. The Bertz CT molecular complexity index is 1630. The van der Waals surface area contributed by atoms with Crippen molar-refractivity contribution in [3.05, 3.63) is 69.8 Å². The molecule has 3 aromatic carbocycles. The van der Waals surface area contributed by atoms with E-state index < -0.39 is 25.8 Å². The van der Waals surface area contributed by atoms with Crippen LogP contribution in [0.2, 0.25) is 0 Å². The number of hydrogen-bond acceptors (Lipinski definition) is 9. The van der Waals surface area contributed by atoms with Gasteiger partial charge in [0.1, 0.15) is 29.4 Å². The number of likely N-dealkylation sites (N-methyl/N-ethyl adjacent to an activating group) is 1. The monoisotopic (exact) mass is 583 g/mol. The van der Waals surface area contributed by atoms with Gasteiger partial charge in [-0.05, 0) is 70.0 Å². The number of carbonyl (C=O) groups is 1. The summed E-state index contributed by atoms with van der Waals surface area (Å²) in [6.45, 7) is 8.38. The average Bonchev–Trinajstić information content (AvgIpc) is 2.90. The molecule has 0 radical (unpaired) electrons. The highest BCUT2D eigenvalue weighted by molar-refractivity contribution is 7.87. The molecular formula is C29H33N3O8S. The fourth-order valence-corrected chi connectivity index (χ4v) is 5.18. The first-order valence-corrected chi connectivity index (χ1v) is 14.3. The van der Waals surface area contributed by atoms with E-state index in [1.165, 1.54) is 45.2 Å². The number of fused-ring (bicyclic) bond motifs is 1. The van der Waals surface area contributed by atoms with Crippen LogP contribution in [0, 0.1) is 17.0 Å². The second-order valence-corrected chi connectivity index (χ2v) is 12.7. The molecule has 1 aliphatic heterocycles. The van der Waals surface area contributed by atoms with E-state index in [2.05, 4.69) is 5.32 Å². The molecular weight excluding hydrogens is 550 g/mol. The van der Waals surface area contributed by atoms with E-state index >= 15 is 0 Å². The third-order valence-electron chi connectivity index (χ3n) is 6.91. The summed E-state index contributed by atoms with van der Waals surface area (Å²) in [6, 6.07) is 12.8. The van der Waals surface area contributed by atoms with Crippen LogP contribution in [-0.4, -0.2) is 44.2 Å². The number of nitro benzene ring substituents is 1. The molecule has 1 aliphatic rings. The van der Waals surface area contributed by atoms with Crippen LogP contribution in [0.4, 0.5) is 17.1 Å². The fourth-order valence-electron chi connectivity index (χ4n) is 4.61. The first kappa shape index (κ1) is 29.7. The summed E-state index contributed by atoms with van der Waals surface area (Å²) in [7, 11) is -0.688. The number of aryl methyl sites for hydroxylation is 1. The van der Waals surface area contributed by atoms with Crippen molar-refractivity contribution < 1.29 is 31.8 Å². The van der Waals surface area contributed by atoms with Crippen LogP contribution in [-0.2, 0) is 21.5 Å². The summed E-state index contributed by atoms with van der Waals surface area (Å²) in [4.78, 5) is 25.7. The van der Waals surface area contributed by atoms with E-state index in [0.717, 1.165) is 0 Å². The second kappa shape index (κ2) is 10.9. The van der Waals surface area contributed by atoms with Gasteiger partial charge < -0.3 is 23.9 Å². The second-order valence-electron chi connectivity index (χ2n) is 10.6. The lowest BCUT2D eigenvalue weighted by atomic mass is 9.91. The fraction of sp³-hybridized carbons (Fsp3) is 0.345. The topological polar surface area (TPSA) is 137 Å². The first-order chi connectivity index (χ1) is 19.2. The maximum atomic E-state index is 13.3. The van der Waals surface area contributed by atoms with Crippen LogP contribution in [0.25, 0.3) is 11.1 Å². The molecule has 0 spiro atoms. The molecule has 11 nitrogen and oxygen atoms in total. The van der Waals surface area contributed by atoms with Crippen molar-refractivity contribution >= 4 is 33.1 Å². The van der Waals surface area contributed by atoms with Crippen molar-refractivity contribution in [2.45, 2.75) is 52.0 Å². The van der Waals surface area contributed by atoms with Crippen molar-refractivity contribution in [1.82, 2.24) is 0 Å². The van der Waals surface area contributed by atoms with E-state index in [1.807, 2.05) is 12.1 Å². The Morgan fingerprint density at radius 1 is 1.05 bits per heavy atom. The highest BCUT2D eigenvalue weighted by Gasteiger charge is 2.39. The van der Waals surface area contributed by atoms with Gasteiger partial charge in [-0.15, -0.1) is 0 Å². The highest BCUT2D eigenvalue weighted by Crippen LogP contribution is 2.45. The summed E-state index contributed by atoms with van der Waals surface area (Å²) in [6.07, 6.45) is 0. The van der Waals surface area contributed by atoms with Crippen LogP contribution in [0.1, 0.15) is 38.8 Å². The molecule has 0 unspecified atom stereocenters. The molecule has 0 bridgehead atoms. The standard InChI is InChI=1S/C29H33N3O8S/c1-17(2)41(36,37)40-20-10-11-22(26(15-20)38-7)21-12-13-24-27(31(6)28(33)29(4,5)30-24)23(21)16-39-25-14-19(32(34)35)9-8-18(25)3/h8-15,17,30H,16H2,1-7H3. The zero-order chi connectivity index (χ0) is 30.3. The minimum Gasteiger partial charge on any atom is -0.496 e. The normalized spacial score (nSPS) is 14.3. The summed E-state index contributed by atoms with van der Waals surface area (Å²) in [5, 5.41) is 13.9. The lowest BCUT2D eigenvalue weighted by Crippen LogP contribution is -2.52. The zero-order valence-electron chi connectivity index (χ0n) is 24.0. The van der Waals surface area contributed by atoms with Crippen molar-refractivity contribution in [3.8, 4) is 28.4 Å². The van der Waals surface area contributed by atoms with Gasteiger partial charge in [-0.1, -0.05) is 6.07 Å². The molecule has 1 amide bonds. The number of nitrogens with one attached hydrogen (secondary N) is 1. The Labute approximate surface area is 239 Å². The number of hydrogen-bond donors (Lipinski definition) is 1. The van der Waals surface area contributed by atoms with Crippen molar-refractivity contribution in [1.29, 1.82) is 0 Å². The Hall–Kier alpha value is -4.32. The van der Waals surface area contributed by atoms with Gasteiger partial charge in [-0.3, -0.25) is 14.9 Å². The van der Waals surface area contributed by atoms with Crippen LogP contribution in [0.3, 0.4) is 0 Å². The Kier molecular flexibility index (Phi) is 7.90. The quantitative estimate of drug-likeness (QED) is 0.198. The SMILES string of the molecule is COc1cc(OS(=O)(=O)C(C)C)ccc1-c1ccc2c(c1COc1cc([N+](=O)[O-])ccc1C)N(C)C(=O)C(C)(C)N2. The van der Waals surface area contributed by atoms with Gasteiger partial charge in [-0.2, -0.15) is 8.42 Å². The summed E-state index contributed by atoms with van der Waals surface area (Å²) in [5.74, 6) is 0.602. The van der Waals surface area contributed by atoms with Gasteiger partial charge in [-0.25, -0.2) is 0 Å². The molecule has 0 saturated heterocycles. The van der Waals surface area contributed by atoms with Gasteiger partial charge in [0.25, 0.3) is 11.6 Å². The van der Waals surface area contributed by atoms with Crippen LogP contribution < -0.4 is 23.9 Å². The third kappa shape index (κ3) is 5.78. The molecule has 12 heteroatoms. The number of amides is 1. The zero-order valence-corrected chi connectivity index (χ0v) is 24.8. The van der Waals surface area contributed by atoms with E-state index in [9.17, 15) is 23.3 Å². The first-order valence-electron chi connectivity index (χ1n) is 12.9. The van der Waals surface area contributed by atoms with Crippen LogP contribution in [0.15, 0.2) is 48.5 Å². The van der Waals surface area contributed by atoms with E-state index in [0.29, 0.717) is 45.1 Å². The van der Waals surface area contributed by atoms with Crippen molar-refractivity contribution in [2.75, 3.05) is 24.4 Å². The van der Waals surface area contributed by atoms with Crippen molar-refractivity contribution in [2.24, 2.45) is 0 Å². The molecule has 0 aliphatic carbocycles. The number of anilines is 2.